The van der Waals surface area contributed by atoms with Crippen molar-refractivity contribution < 1.29 is 13.2 Å². The van der Waals surface area contributed by atoms with Crippen LogP contribution in [0.3, 0.4) is 0 Å². The minimum atomic E-state index is -4.48. The number of anilines is 2. The summed E-state index contributed by atoms with van der Waals surface area (Å²) in [4.78, 5) is 12.0. The summed E-state index contributed by atoms with van der Waals surface area (Å²) in [5.74, 6) is 1.63. The van der Waals surface area contributed by atoms with E-state index < -0.39 is 11.9 Å². The van der Waals surface area contributed by atoms with Crippen molar-refractivity contribution in [3.63, 3.8) is 0 Å². The Morgan fingerprint density at radius 3 is 2.35 bits per heavy atom. The average Bonchev–Trinajstić information content (AvgIpc) is 3.19. The summed E-state index contributed by atoms with van der Waals surface area (Å²) in [6.07, 6.45) is -1.86. The number of alkyl halides is 3. The quantitative estimate of drug-likeness (QED) is 0.526. The van der Waals surface area contributed by atoms with E-state index in [9.17, 15) is 13.2 Å². The minimum Gasteiger partial charge on any atom is -0.323 e. The van der Waals surface area contributed by atoms with Gasteiger partial charge in [-0.05, 0) is 39.0 Å². The van der Waals surface area contributed by atoms with Crippen LogP contribution in [0, 0.1) is 20.8 Å². The lowest BCUT2D eigenvalue weighted by Crippen LogP contribution is -2.07. The first-order valence-corrected chi connectivity index (χ1v) is 9.33. The minimum absolute atomic E-state index is 0.510. The first kappa shape index (κ1) is 20.5. The molecule has 31 heavy (non-hydrogen) atoms. The third-order valence-electron chi connectivity index (χ3n) is 4.74. The van der Waals surface area contributed by atoms with E-state index in [1.165, 1.54) is 18.6 Å². The lowest BCUT2D eigenvalue weighted by Gasteiger charge is -2.08. The predicted molar refractivity (Wildman–Crippen MR) is 108 cm³/mol. The van der Waals surface area contributed by atoms with Gasteiger partial charge in [-0.15, -0.1) is 0 Å². The summed E-state index contributed by atoms with van der Waals surface area (Å²) in [5.41, 5.74) is 2.80. The van der Waals surface area contributed by atoms with E-state index in [0.717, 1.165) is 23.0 Å². The van der Waals surface area contributed by atoms with Crippen LogP contribution in [-0.2, 0) is 13.2 Å². The van der Waals surface area contributed by atoms with Gasteiger partial charge in [0.15, 0.2) is 11.6 Å². The Labute approximate surface area is 175 Å². The molecule has 4 rings (SSSR count). The van der Waals surface area contributed by atoms with Gasteiger partial charge in [0, 0.05) is 36.1 Å². The summed E-state index contributed by atoms with van der Waals surface area (Å²) < 4.78 is 41.7. The summed E-state index contributed by atoms with van der Waals surface area (Å²) in [6, 6.07) is 6.03. The van der Waals surface area contributed by atoms with Gasteiger partial charge in [-0.1, -0.05) is 0 Å². The normalized spacial score (nSPS) is 11.7. The van der Waals surface area contributed by atoms with Gasteiger partial charge in [-0.25, -0.2) is 14.6 Å². The Morgan fingerprint density at radius 2 is 1.74 bits per heavy atom. The third-order valence-corrected chi connectivity index (χ3v) is 4.74. The second-order valence-electron chi connectivity index (χ2n) is 7.10. The van der Waals surface area contributed by atoms with Gasteiger partial charge in [-0.3, -0.25) is 9.67 Å². The van der Waals surface area contributed by atoms with E-state index in [1.54, 1.807) is 22.5 Å². The topological polar surface area (TPSA) is 86.3 Å². The molecule has 0 bridgehead atoms. The lowest BCUT2D eigenvalue weighted by molar-refractivity contribution is -0.141. The molecule has 4 aromatic heterocycles. The summed E-state index contributed by atoms with van der Waals surface area (Å²) in [6.45, 7) is 5.66. The van der Waals surface area contributed by atoms with E-state index in [4.69, 9.17) is 0 Å². The third kappa shape index (κ3) is 3.98. The zero-order valence-electron chi connectivity index (χ0n) is 17.2. The molecule has 0 saturated carbocycles. The van der Waals surface area contributed by atoms with Crippen molar-refractivity contribution in [3.8, 4) is 17.1 Å². The van der Waals surface area contributed by atoms with Crippen LogP contribution in [0.5, 0.6) is 0 Å². The number of nitrogens with zero attached hydrogens (tertiary/aromatic N) is 7. The van der Waals surface area contributed by atoms with Crippen LogP contribution in [-0.4, -0.2) is 34.5 Å². The molecule has 0 amide bonds. The molecular formula is C20H19F3N8. The maximum atomic E-state index is 12.8. The molecule has 0 aliphatic carbocycles. The number of pyridine rings is 1. The number of halogens is 3. The molecule has 0 fully saturated rings. The Hall–Kier alpha value is -3.76. The molecule has 4 aromatic rings. The van der Waals surface area contributed by atoms with E-state index in [0.29, 0.717) is 28.7 Å². The van der Waals surface area contributed by atoms with Crippen molar-refractivity contribution in [2.24, 2.45) is 7.05 Å². The summed E-state index contributed by atoms with van der Waals surface area (Å²) in [5, 5.41) is 12.0. The van der Waals surface area contributed by atoms with Crippen LogP contribution in [0.2, 0.25) is 0 Å². The van der Waals surface area contributed by atoms with Crippen molar-refractivity contribution in [1.29, 1.82) is 0 Å². The van der Waals surface area contributed by atoms with Crippen molar-refractivity contribution >= 4 is 11.6 Å². The zero-order chi connectivity index (χ0) is 22.3. The molecule has 11 heteroatoms. The highest BCUT2D eigenvalue weighted by atomic mass is 19.4. The van der Waals surface area contributed by atoms with Crippen LogP contribution in [0.25, 0.3) is 17.1 Å². The van der Waals surface area contributed by atoms with Crippen LogP contribution >= 0.6 is 0 Å². The molecule has 0 aromatic carbocycles. The molecule has 0 spiro atoms. The van der Waals surface area contributed by atoms with Crippen molar-refractivity contribution in [2.45, 2.75) is 26.9 Å². The molecule has 1 N–H and O–H groups in total. The fourth-order valence-electron chi connectivity index (χ4n) is 3.37. The highest BCUT2D eigenvalue weighted by Crippen LogP contribution is 2.32. The second kappa shape index (κ2) is 7.49. The van der Waals surface area contributed by atoms with E-state index in [2.05, 4.69) is 30.5 Å². The first-order valence-electron chi connectivity index (χ1n) is 9.33. The van der Waals surface area contributed by atoms with Crippen LogP contribution in [0.15, 0.2) is 36.8 Å². The molecule has 4 heterocycles. The first-order chi connectivity index (χ1) is 14.6. The standard InChI is InChI=1S/C20H19F3N8/c1-11-7-12(2)31(28-11)17-8-16(25-10-26-17)27-19-13(3)18(30(4)29-19)14-5-6-15(24-9-14)20(21,22)23/h5-10H,1-4H3,(H,25,26,27,29). The van der Waals surface area contributed by atoms with Gasteiger partial charge in [0.2, 0.25) is 0 Å². The molecule has 0 unspecified atom stereocenters. The fourth-order valence-corrected chi connectivity index (χ4v) is 3.37. The summed E-state index contributed by atoms with van der Waals surface area (Å²) >= 11 is 0. The van der Waals surface area contributed by atoms with Crippen molar-refractivity contribution in [3.05, 3.63) is 59.4 Å². The second-order valence-corrected chi connectivity index (χ2v) is 7.10. The van der Waals surface area contributed by atoms with E-state index in [1.807, 2.05) is 26.8 Å². The van der Waals surface area contributed by atoms with Gasteiger partial charge in [0.05, 0.1) is 11.4 Å². The fraction of sp³-hybridized carbons (Fsp3) is 0.250. The smallest absolute Gasteiger partial charge is 0.323 e. The van der Waals surface area contributed by atoms with Gasteiger partial charge in [0.1, 0.15) is 17.8 Å². The van der Waals surface area contributed by atoms with Gasteiger partial charge in [0.25, 0.3) is 0 Å². The van der Waals surface area contributed by atoms with Crippen molar-refractivity contribution in [1.82, 2.24) is 34.5 Å². The molecule has 0 atom stereocenters. The lowest BCUT2D eigenvalue weighted by atomic mass is 10.1. The monoisotopic (exact) mass is 428 g/mol. The Morgan fingerprint density at radius 1 is 0.968 bits per heavy atom. The molecule has 0 aliphatic rings. The van der Waals surface area contributed by atoms with E-state index in [-0.39, 0.29) is 0 Å². The molecule has 0 radical (unpaired) electrons. The van der Waals surface area contributed by atoms with E-state index >= 15 is 0 Å². The zero-order valence-corrected chi connectivity index (χ0v) is 17.2. The Balaban J connectivity index is 1.64. The maximum absolute atomic E-state index is 12.8. The van der Waals surface area contributed by atoms with Crippen molar-refractivity contribution in [2.75, 3.05) is 5.32 Å². The Kier molecular flexibility index (Phi) is 4.96. The number of aryl methyl sites for hydroxylation is 3. The molecular weight excluding hydrogens is 409 g/mol. The molecule has 160 valence electrons. The molecule has 0 saturated heterocycles. The van der Waals surface area contributed by atoms with Crippen LogP contribution < -0.4 is 5.32 Å². The number of hydrogen-bond acceptors (Lipinski definition) is 6. The number of rotatable bonds is 4. The van der Waals surface area contributed by atoms with Gasteiger partial charge in [-0.2, -0.15) is 23.4 Å². The molecule has 8 nitrogen and oxygen atoms in total. The number of nitrogens with one attached hydrogen (secondary N) is 1. The predicted octanol–water partition coefficient (Wildman–Crippen LogP) is 4.15. The highest BCUT2D eigenvalue weighted by molar-refractivity contribution is 5.71. The SMILES string of the molecule is Cc1cc(C)n(-c2cc(Nc3nn(C)c(-c4ccc(C(F)(F)F)nc4)c3C)ncn2)n1. The van der Waals surface area contributed by atoms with Gasteiger partial charge < -0.3 is 5.32 Å². The van der Waals surface area contributed by atoms with Crippen LogP contribution in [0.4, 0.5) is 24.8 Å². The average molecular weight is 428 g/mol. The number of hydrogen-bond donors (Lipinski definition) is 1. The van der Waals surface area contributed by atoms with Crippen LogP contribution in [0.1, 0.15) is 22.6 Å². The largest absolute Gasteiger partial charge is 0.433 e. The number of aromatic nitrogens is 7. The summed E-state index contributed by atoms with van der Waals surface area (Å²) in [7, 11) is 1.71. The van der Waals surface area contributed by atoms with Gasteiger partial charge >= 0.3 is 6.18 Å². The highest BCUT2D eigenvalue weighted by Gasteiger charge is 2.32. The molecule has 0 aliphatic heterocycles. The Bertz CT molecular complexity index is 1240. The maximum Gasteiger partial charge on any atom is 0.433 e.